The van der Waals surface area contributed by atoms with Crippen LogP contribution in [0.5, 0.6) is 0 Å². The monoisotopic (exact) mass is 493 g/mol. The second-order valence-electron chi connectivity index (χ2n) is 7.00. The first-order chi connectivity index (χ1) is 15.0. The third-order valence-electron chi connectivity index (χ3n) is 4.72. The molecule has 12 heteroatoms. The number of rotatable bonds is 4. The molecule has 1 aromatic carbocycles. The van der Waals surface area contributed by atoms with Crippen molar-refractivity contribution in [3.63, 3.8) is 0 Å². The second-order valence-corrected chi connectivity index (χ2v) is 10.1. The Hall–Kier alpha value is -3.02. The molecule has 1 aliphatic rings. The van der Waals surface area contributed by atoms with E-state index in [1.54, 1.807) is 10.7 Å². The summed E-state index contributed by atoms with van der Waals surface area (Å²) >= 11 is 7.10. The Labute approximate surface area is 192 Å². The molecule has 166 valence electrons. The predicted molar refractivity (Wildman–Crippen MR) is 123 cm³/mol. The summed E-state index contributed by atoms with van der Waals surface area (Å²) in [5, 5.41) is 6.69. The standard InChI is InChI=1S/C20H17ClFN5O3S2/c1-11-13(10-26(2)24-11)18-6-7-19(31-18)16-9-17(27(3)32(29,30)25-16)20(28)23-12-4-5-15(22)14(21)8-12/h4-10H,1-3H3,(H,23,28). The van der Waals surface area contributed by atoms with E-state index in [9.17, 15) is 17.6 Å². The zero-order valence-corrected chi connectivity index (χ0v) is 19.5. The van der Waals surface area contributed by atoms with Crippen molar-refractivity contribution in [1.29, 1.82) is 0 Å². The molecule has 3 aromatic rings. The maximum absolute atomic E-state index is 13.4. The lowest BCUT2D eigenvalue weighted by molar-refractivity contribution is -0.113. The van der Waals surface area contributed by atoms with Gasteiger partial charge in [0.05, 0.1) is 21.3 Å². The number of benzene rings is 1. The maximum Gasteiger partial charge on any atom is 0.345 e. The van der Waals surface area contributed by atoms with Gasteiger partial charge in [0.2, 0.25) is 0 Å². The SMILES string of the molecule is Cc1nn(C)cc1-c1ccc(C2=NS(=O)(=O)N(C)C(C(=O)Nc3ccc(F)c(Cl)c3)=C2)s1. The minimum atomic E-state index is -4.12. The predicted octanol–water partition coefficient (Wildman–Crippen LogP) is 3.75. The lowest BCUT2D eigenvalue weighted by atomic mass is 10.2. The van der Waals surface area contributed by atoms with E-state index in [0.29, 0.717) is 4.88 Å². The number of amides is 1. The van der Waals surface area contributed by atoms with E-state index < -0.39 is 21.9 Å². The molecule has 3 heterocycles. The highest BCUT2D eigenvalue weighted by molar-refractivity contribution is 7.88. The van der Waals surface area contributed by atoms with Gasteiger partial charge >= 0.3 is 10.2 Å². The third-order valence-corrected chi connectivity index (χ3v) is 7.47. The van der Waals surface area contributed by atoms with Gasteiger partial charge in [0.1, 0.15) is 11.5 Å². The van der Waals surface area contributed by atoms with Gasteiger partial charge < -0.3 is 5.32 Å². The zero-order valence-electron chi connectivity index (χ0n) is 17.1. The molecular weight excluding hydrogens is 477 g/mol. The van der Waals surface area contributed by atoms with Crippen LogP contribution in [0.25, 0.3) is 10.4 Å². The molecular formula is C20H17ClFN5O3S2. The van der Waals surface area contributed by atoms with Gasteiger partial charge in [-0.15, -0.1) is 15.7 Å². The number of nitrogens with zero attached hydrogens (tertiary/aromatic N) is 4. The summed E-state index contributed by atoms with van der Waals surface area (Å²) in [6.45, 7) is 1.89. The number of hydrogen-bond acceptors (Lipinski definition) is 5. The number of halogens is 2. The highest BCUT2D eigenvalue weighted by Crippen LogP contribution is 2.32. The summed E-state index contributed by atoms with van der Waals surface area (Å²) in [7, 11) is -1.07. The second kappa shape index (κ2) is 8.15. The molecule has 0 saturated carbocycles. The van der Waals surface area contributed by atoms with Gasteiger partial charge in [0.15, 0.2) is 0 Å². The number of carbonyl (C=O) groups is 1. The highest BCUT2D eigenvalue weighted by atomic mass is 35.5. The van der Waals surface area contributed by atoms with Crippen LogP contribution < -0.4 is 5.32 Å². The number of carbonyl (C=O) groups excluding carboxylic acids is 1. The number of thiophene rings is 1. The first kappa shape index (κ1) is 22.2. The van der Waals surface area contributed by atoms with Crippen molar-refractivity contribution in [3.8, 4) is 10.4 Å². The molecule has 32 heavy (non-hydrogen) atoms. The van der Waals surface area contributed by atoms with E-state index in [4.69, 9.17) is 11.6 Å². The normalized spacial score (nSPS) is 15.3. The Balaban J connectivity index is 1.68. The largest absolute Gasteiger partial charge is 0.345 e. The van der Waals surface area contributed by atoms with Crippen molar-refractivity contribution in [2.45, 2.75) is 6.92 Å². The van der Waals surface area contributed by atoms with E-state index in [0.717, 1.165) is 26.5 Å². The molecule has 0 radical (unpaired) electrons. The van der Waals surface area contributed by atoms with Gasteiger partial charge in [-0.1, -0.05) is 11.6 Å². The summed E-state index contributed by atoms with van der Waals surface area (Å²) in [6.07, 6.45) is 3.27. The number of aromatic nitrogens is 2. The van der Waals surface area contributed by atoms with Crippen LogP contribution in [0.2, 0.25) is 5.02 Å². The topological polar surface area (TPSA) is 96.7 Å². The zero-order chi connectivity index (χ0) is 23.2. The molecule has 0 fully saturated rings. The van der Waals surface area contributed by atoms with Gasteiger partial charge in [-0.25, -0.2) is 8.70 Å². The van der Waals surface area contributed by atoms with Crippen LogP contribution in [-0.4, -0.2) is 41.2 Å². The Morgan fingerprint density at radius 3 is 2.56 bits per heavy atom. The van der Waals surface area contributed by atoms with Crippen LogP contribution in [-0.2, 0) is 22.1 Å². The van der Waals surface area contributed by atoms with Crippen molar-refractivity contribution >= 4 is 50.5 Å². The van der Waals surface area contributed by atoms with Crippen molar-refractivity contribution in [2.24, 2.45) is 11.4 Å². The average molecular weight is 494 g/mol. The van der Waals surface area contributed by atoms with E-state index in [2.05, 4.69) is 14.8 Å². The van der Waals surface area contributed by atoms with Crippen LogP contribution >= 0.6 is 22.9 Å². The molecule has 0 saturated heterocycles. The van der Waals surface area contributed by atoms with Crippen LogP contribution in [0, 0.1) is 12.7 Å². The molecule has 0 bridgehead atoms. The van der Waals surface area contributed by atoms with Gasteiger partial charge in [-0.2, -0.15) is 13.5 Å². The van der Waals surface area contributed by atoms with Crippen molar-refractivity contribution in [1.82, 2.24) is 14.1 Å². The van der Waals surface area contributed by atoms with Gasteiger partial charge in [-0.3, -0.25) is 9.48 Å². The number of hydrogen-bond donors (Lipinski definition) is 1. The van der Waals surface area contributed by atoms with Crippen molar-refractivity contribution < 1.29 is 17.6 Å². The van der Waals surface area contributed by atoms with Gasteiger partial charge in [-0.05, 0) is 43.3 Å². The Morgan fingerprint density at radius 2 is 1.91 bits per heavy atom. The minimum Gasteiger partial charge on any atom is -0.321 e. The summed E-state index contributed by atoms with van der Waals surface area (Å²) < 4.78 is 44.9. The highest BCUT2D eigenvalue weighted by Gasteiger charge is 2.30. The summed E-state index contributed by atoms with van der Waals surface area (Å²) in [4.78, 5) is 14.3. The number of aryl methyl sites for hydroxylation is 2. The van der Waals surface area contributed by atoms with Gasteiger partial charge in [0.25, 0.3) is 5.91 Å². The summed E-state index contributed by atoms with van der Waals surface area (Å²) in [6, 6.07) is 7.27. The maximum atomic E-state index is 13.4. The van der Waals surface area contributed by atoms with Crippen molar-refractivity contribution in [2.75, 3.05) is 12.4 Å². The Kier molecular flexibility index (Phi) is 5.65. The molecule has 0 atom stereocenters. The summed E-state index contributed by atoms with van der Waals surface area (Å²) in [5.41, 5.74) is 2.00. The number of anilines is 1. The van der Waals surface area contributed by atoms with E-state index in [1.807, 2.05) is 26.2 Å². The number of nitrogens with one attached hydrogen (secondary N) is 1. The smallest absolute Gasteiger partial charge is 0.321 e. The Bertz CT molecular complexity index is 1410. The molecule has 1 amide bonds. The van der Waals surface area contributed by atoms with E-state index in [1.165, 1.54) is 36.6 Å². The number of likely N-dealkylation sites (N-methyl/N-ethyl adjacent to an activating group) is 1. The first-order valence-electron chi connectivity index (χ1n) is 9.23. The Morgan fingerprint density at radius 1 is 1.19 bits per heavy atom. The molecule has 1 N–H and O–H groups in total. The number of allylic oxidation sites excluding steroid dienone is 1. The lowest BCUT2D eigenvalue weighted by Crippen LogP contribution is -2.35. The lowest BCUT2D eigenvalue weighted by Gasteiger charge is -2.23. The fourth-order valence-corrected chi connectivity index (χ4v) is 5.29. The molecule has 2 aromatic heterocycles. The summed E-state index contributed by atoms with van der Waals surface area (Å²) in [5.74, 6) is -1.33. The fourth-order valence-electron chi connectivity index (χ4n) is 3.11. The first-order valence-corrected chi connectivity index (χ1v) is 11.8. The third kappa shape index (κ3) is 4.18. The quantitative estimate of drug-likeness (QED) is 0.598. The average Bonchev–Trinajstić information content (AvgIpc) is 3.32. The van der Waals surface area contributed by atoms with Crippen LogP contribution in [0.4, 0.5) is 10.1 Å². The molecule has 0 aliphatic carbocycles. The fraction of sp³-hybridized carbons (Fsp3) is 0.150. The minimum absolute atomic E-state index is 0.136. The van der Waals surface area contributed by atoms with Crippen molar-refractivity contribution in [3.05, 3.63) is 69.7 Å². The molecule has 4 rings (SSSR count). The van der Waals surface area contributed by atoms with Gasteiger partial charge in [0, 0.05) is 36.4 Å². The molecule has 1 aliphatic heterocycles. The molecule has 0 unspecified atom stereocenters. The van der Waals surface area contributed by atoms with E-state index >= 15 is 0 Å². The van der Waals surface area contributed by atoms with Crippen LogP contribution in [0.15, 0.2) is 52.7 Å². The molecule has 8 nitrogen and oxygen atoms in total. The molecule has 0 spiro atoms. The van der Waals surface area contributed by atoms with Crippen LogP contribution in [0.1, 0.15) is 10.6 Å². The van der Waals surface area contributed by atoms with E-state index in [-0.39, 0.29) is 22.1 Å². The van der Waals surface area contributed by atoms with Crippen LogP contribution in [0.3, 0.4) is 0 Å².